The third-order valence-electron chi connectivity index (χ3n) is 2.73. The van der Waals surface area contributed by atoms with Gasteiger partial charge in [0.1, 0.15) is 0 Å². The van der Waals surface area contributed by atoms with Crippen LogP contribution in [0.1, 0.15) is 5.56 Å². The molecule has 1 amide bonds. The van der Waals surface area contributed by atoms with Crippen LogP contribution in [-0.4, -0.2) is 35.0 Å². The van der Waals surface area contributed by atoms with Gasteiger partial charge in [0.05, 0.1) is 6.42 Å². The molecule has 1 atom stereocenters. The average Bonchev–Trinajstić information content (AvgIpc) is 2.38. The van der Waals surface area contributed by atoms with Crippen molar-refractivity contribution in [3.8, 4) is 0 Å². The van der Waals surface area contributed by atoms with E-state index in [1.807, 2.05) is 47.8 Å². The minimum Gasteiger partial charge on any atom is -0.399 e. The van der Waals surface area contributed by atoms with Crippen LogP contribution in [0.25, 0.3) is 0 Å². The van der Waals surface area contributed by atoms with Gasteiger partial charge in [-0.1, -0.05) is 12.1 Å². The Balaban J connectivity index is 1.74. The summed E-state index contributed by atoms with van der Waals surface area (Å²) in [4.78, 5) is 11.8. The minimum absolute atomic E-state index is 0.0803. The van der Waals surface area contributed by atoms with Gasteiger partial charge in [0.15, 0.2) is 0 Å². The van der Waals surface area contributed by atoms with E-state index in [9.17, 15) is 4.79 Å². The zero-order valence-corrected chi connectivity index (χ0v) is 11.9. The fourth-order valence-electron chi connectivity index (χ4n) is 1.83. The Morgan fingerprint density at radius 1 is 1.44 bits per heavy atom. The standard InChI is InChI=1S/C13H18N2OS2/c14-11-3-1-2-10(6-11)7-13(16)15-8-12-9-17-4-5-18-12/h1-3,6,12H,4-5,7-9,14H2,(H,15,16). The van der Waals surface area contributed by atoms with E-state index < -0.39 is 0 Å². The quantitative estimate of drug-likeness (QED) is 0.827. The SMILES string of the molecule is Nc1cccc(CC(=O)NCC2CSCCS2)c1. The number of hydrogen-bond acceptors (Lipinski definition) is 4. The maximum atomic E-state index is 11.8. The van der Waals surface area contributed by atoms with Crippen LogP contribution in [0.5, 0.6) is 0 Å². The molecule has 1 fully saturated rings. The highest BCUT2D eigenvalue weighted by molar-refractivity contribution is 8.06. The molecule has 2 rings (SSSR count). The molecule has 1 aliphatic heterocycles. The molecule has 0 bridgehead atoms. The molecule has 3 nitrogen and oxygen atoms in total. The lowest BCUT2D eigenvalue weighted by molar-refractivity contribution is -0.120. The Hall–Kier alpha value is -0.810. The number of thioether (sulfide) groups is 2. The maximum Gasteiger partial charge on any atom is 0.224 e. The molecular formula is C13H18N2OS2. The number of nitrogen functional groups attached to an aromatic ring is 1. The summed E-state index contributed by atoms with van der Waals surface area (Å²) in [6.45, 7) is 0.777. The molecular weight excluding hydrogens is 264 g/mol. The second-order valence-corrected chi connectivity index (χ2v) is 6.85. The third-order valence-corrected chi connectivity index (χ3v) is 5.57. The molecule has 0 aliphatic carbocycles. The molecule has 0 aromatic heterocycles. The van der Waals surface area contributed by atoms with Crippen molar-refractivity contribution in [3.63, 3.8) is 0 Å². The Labute approximate surface area is 116 Å². The van der Waals surface area contributed by atoms with Crippen molar-refractivity contribution in [2.24, 2.45) is 0 Å². The fraction of sp³-hybridized carbons (Fsp3) is 0.462. The first-order valence-electron chi connectivity index (χ1n) is 6.04. The number of nitrogens with two attached hydrogens (primary N) is 1. The summed E-state index contributed by atoms with van der Waals surface area (Å²) in [5.41, 5.74) is 7.37. The number of carbonyl (C=O) groups excluding carboxylic acids is 1. The number of nitrogens with one attached hydrogen (secondary N) is 1. The van der Waals surface area contributed by atoms with Gasteiger partial charge >= 0.3 is 0 Å². The largest absolute Gasteiger partial charge is 0.399 e. The molecule has 3 N–H and O–H groups in total. The van der Waals surface area contributed by atoms with Gasteiger partial charge in [-0.05, 0) is 17.7 Å². The first-order valence-corrected chi connectivity index (χ1v) is 8.25. The van der Waals surface area contributed by atoms with Crippen LogP contribution in [0.4, 0.5) is 5.69 Å². The number of carbonyl (C=O) groups is 1. The number of benzene rings is 1. The van der Waals surface area contributed by atoms with Gasteiger partial charge < -0.3 is 11.1 Å². The van der Waals surface area contributed by atoms with Crippen LogP contribution in [0, 0.1) is 0 Å². The van der Waals surface area contributed by atoms with E-state index in [2.05, 4.69) is 5.32 Å². The molecule has 1 aromatic carbocycles. The van der Waals surface area contributed by atoms with Crippen molar-refractivity contribution in [2.75, 3.05) is 29.5 Å². The molecule has 1 heterocycles. The zero-order valence-electron chi connectivity index (χ0n) is 10.2. The highest BCUT2D eigenvalue weighted by Gasteiger charge is 2.15. The molecule has 0 saturated carbocycles. The van der Waals surface area contributed by atoms with Gasteiger partial charge in [0.25, 0.3) is 0 Å². The van der Waals surface area contributed by atoms with Crippen molar-refractivity contribution in [3.05, 3.63) is 29.8 Å². The molecule has 1 aliphatic rings. The van der Waals surface area contributed by atoms with Gasteiger partial charge in [-0.2, -0.15) is 23.5 Å². The van der Waals surface area contributed by atoms with Crippen molar-refractivity contribution < 1.29 is 4.79 Å². The zero-order chi connectivity index (χ0) is 12.8. The summed E-state index contributed by atoms with van der Waals surface area (Å²) < 4.78 is 0. The number of hydrogen-bond donors (Lipinski definition) is 2. The lowest BCUT2D eigenvalue weighted by atomic mass is 10.1. The third kappa shape index (κ3) is 4.46. The lowest BCUT2D eigenvalue weighted by Gasteiger charge is -2.21. The molecule has 18 heavy (non-hydrogen) atoms. The first kappa shape index (κ1) is 13.6. The molecule has 1 aromatic rings. The second kappa shape index (κ2) is 6.95. The van der Waals surface area contributed by atoms with Crippen LogP contribution < -0.4 is 11.1 Å². The summed E-state index contributed by atoms with van der Waals surface area (Å²) in [7, 11) is 0. The van der Waals surface area contributed by atoms with Crippen LogP contribution in [-0.2, 0) is 11.2 Å². The Morgan fingerprint density at radius 2 is 2.33 bits per heavy atom. The van der Waals surface area contributed by atoms with Gasteiger partial charge in [-0.15, -0.1) is 0 Å². The first-order chi connectivity index (χ1) is 8.74. The molecule has 98 valence electrons. The van der Waals surface area contributed by atoms with E-state index in [1.54, 1.807) is 0 Å². The molecule has 0 spiro atoms. The number of rotatable bonds is 4. The highest BCUT2D eigenvalue weighted by Crippen LogP contribution is 2.23. The molecule has 1 saturated heterocycles. The van der Waals surface area contributed by atoms with E-state index in [4.69, 9.17) is 5.73 Å². The van der Waals surface area contributed by atoms with Gasteiger partial charge in [0.2, 0.25) is 5.91 Å². The average molecular weight is 282 g/mol. The van der Waals surface area contributed by atoms with Crippen molar-refractivity contribution >= 4 is 35.1 Å². The summed E-state index contributed by atoms with van der Waals surface area (Å²) in [6.07, 6.45) is 0.412. The van der Waals surface area contributed by atoms with Gasteiger partial charge in [-0.25, -0.2) is 0 Å². The normalized spacial score (nSPS) is 19.4. The topological polar surface area (TPSA) is 55.1 Å². The summed E-state index contributed by atoms with van der Waals surface area (Å²) in [6, 6.07) is 7.49. The Kier molecular flexibility index (Phi) is 5.26. The summed E-state index contributed by atoms with van der Waals surface area (Å²) in [5.74, 6) is 3.65. The lowest BCUT2D eigenvalue weighted by Crippen LogP contribution is -2.34. The van der Waals surface area contributed by atoms with Crippen LogP contribution in [0.2, 0.25) is 0 Å². The number of amides is 1. The predicted octanol–water partition coefficient (Wildman–Crippen LogP) is 1.78. The van der Waals surface area contributed by atoms with Gasteiger partial charge in [0, 0.05) is 34.7 Å². The van der Waals surface area contributed by atoms with Crippen LogP contribution in [0.15, 0.2) is 24.3 Å². The second-order valence-electron chi connectivity index (χ2n) is 4.29. The van der Waals surface area contributed by atoms with Crippen molar-refractivity contribution in [2.45, 2.75) is 11.7 Å². The number of anilines is 1. The Bertz CT molecular complexity index is 406. The van der Waals surface area contributed by atoms with Crippen molar-refractivity contribution in [1.29, 1.82) is 0 Å². The van der Waals surface area contributed by atoms with Crippen LogP contribution >= 0.6 is 23.5 Å². The minimum atomic E-state index is 0.0803. The van der Waals surface area contributed by atoms with Gasteiger partial charge in [-0.3, -0.25) is 4.79 Å². The van der Waals surface area contributed by atoms with E-state index in [-0.39, 0.29) is 5.91 Å². The van der Waals surface area contributed by atoms with E-state index in [0.29, 0.717) is 17.4 Å². The van der Waals surface area contributed by atoms with Crippen molar-refractivity contribution in [1.82, 2.24) is 5.32 Å². The van der Waals surface area contributed by atoms with E-state index in [1.165, 1.54) is 11.5 Å². The smallest absolute Gasteiger partial charge is 0.224 e. The summed E-state index contributed by atoms with van der Waals surface area (Å²) >= 11 is 3.93. The molecule has 1 unspecified atom stereocenters. The summed E-state index contributed by atoms with van der Waals surface area (Å²) in [5, 5.41) is 3.57. The predicted molar refractivity (Wildman–Crippen MR) is 81.1 cm³/mol. The monoisotopic (exact) mass is 282 g/mol. The van der Waals surface area contributed by atoms with E-state index >= 15 is 0 Å². The van der Waals surface area contributed by atoms with Crippen LogP contribution in [0.3, 0.4) is 0 Å². The fourth-order valence-corrected chi connectivity index (χ4v) is 4.44. The molecule has 5 heteroatoms. The molecule has 0 radical (unpaired) electrons. The van der Waals surface area contributed by atoms with E-state index in [0.717, 1.165) is 17.9 Å². The Morgan fingerprint density at radius 3 is 3.06 bits per heavy atom. The maximum absolute atomic E-state index is 11.8. The highest BCUT2D eigenvalue weighted by atomic mass is 32.2.